The van der Waals surface area contributed by atoms with Crippen molar-refractivity contribution in [3.63, 3.8) is 0 Å². The third kappa shape index (κ3) is 3.30. The van der Waals surface area contributed by atoms with Crippen molar-refractivity contribution in [3.8, 4) is 0 Å². The van der Waals surface area contributed by atoms with E-state index in [9.17, 15) is 5.11 Å². The first-order chi connectivity index (χ1) is 8.15. The summed E-state index contributed by atoms with van der Waals surface area (Å²) in [5.41, 5.74) is 0. The molecule has 1 aromatic rings. The fourth-order valence-electron chi connectivity index (χ4n) is 1.99. The van der Waals surface area contributed by atoms with Gasteiger partial charge in [-0.15, -0.1) is 0 Å². The molecule has 2 heterocycles. The van der Waals surface area contributed by atoms with E-state index in [1.54, 1.807) is 6.33 Å². The third-order valence-electron chi connectivity index (χ3n) is 2.88. The molecule has 2 rings (SSSR count). The molecule has 0 spiro atoms. The molecule has 0 unspecified atom stereocenters. The van der Waals surface area contributed by atoms with Gasteiger partial charge in [0.1, 0.15) is 18.0 Å². The van der Waals surface area contributed by atoms with E-state index in [1.165, 1.54) is 0 Å². The van der Waals surface area contributed by atoms with Crippen LogP contribution in [-0.2, 0) is 0 Å². The minimum Gasteiger partial charge on any atom is -0.393 e. The van der Waals surface area contributed by atoms with Crippen LogP contribution in [0.3, 0.4) is 0 Å². The molecule has 0 radical (unpaired) electrons. The Morgan fingerprint density at radius 3 is 2.71 bits per heavy atom. The Morgan fingerprint density at radius 2 is 2.06 bits per heavy atom. The predicted molar refractivity (Wildman–Crippen MR) is 68.2 cm³/mol. The average Bonchev–Trinajstić information content (AvgIpc) is 2.29. The zero-order valence-corrected chi connectivity index (χ0v) is 10.4. The van der Waals surface area contributed by atoms with Crippen LogP contribution in [0, 0.1) is 0 Å². The number of hydrogen-bond acceptors (Lipinski definition) is 5. The fraction of sp³-hybridized carbons (Fsp3) is 0.667. The molecule has 1 fully saturated rings. The standard InChI is InChI=1S/C12H20N4O/c1-9(2)15-11-7-12(14-8-13-11)16-5-3-10(17)4-6-16/h7-10,17H,3-6H2,1-2H3,(H,13,14,15). The number of nitrogens with zero attached hydrogens (tertiary/aromatic N) is 3. The van der Waals surface area contributed by atoms with Crippen LogP contribution in [0.15, 0.2) is 12.4 Å². The largest absolute Gasteiger partial charge is 0.393 e. The molecule has 94 valence electrons. The van der Waals surface area contributed by atoms with Crippen LogP contribution in [0.4, 0.5) is 11.6 Å². The van der Waals surface area contributed by atoms with Gasteiger partial charge >= 0.3 is 0 Å². The van der Waals surface area contributed by atoms with Crippen LogP contribution < -0.4 is 10.2 Å². The molecule has 1 saturated heterocycles. The summed E-state index contributed by atoms with van der Waals surface area (Å²) in [5.74, 6) is 1.80. The maximum atomic E-state index is 9.48. The lowest BCUT2D eigenvalue weighted by atomic mass is 10.1. The number of aromatic nitrogens is 2. The zero-order valence-electron chi connectivity index (χ0n) is 10.4. The van der Waals surface area contributed by atoms with Gasteiger partial charge in [-0.05, 0) is 26.7 Å². The van der Waals surface area contributed by atoms with Crippen molar-refractivity contribution >= 4 is 11.6 Å². The Labute approximate surface area is 102 Å². The topological polar surface area (TPSA) is 61.3 Å². The van der Waals surface area contributed by atoms with E-state index in [1.807, 2.05) is 6.07 Å². The Bertz CT molecular complexity index is 361. The molecule has 17 heavy (non-hydrogen) atoms. The molecular weight excluding hydrogens is 216 g/mol. The molecule has 5 nitrogen and oxygen atoms in total. The molecule has 0 aromatic carbocycles. The number of aliphatic hydroxyl groups is 1. The molecule has 1 aliphatic heterocycles. The summed E-state index contributed by atoms with van der Waals surface area (Å²) < 4.78 is 0. The average molecular weight is 236 g/mol. The molecule has 1 aromatic heterocycles. The molecule has 0 amide bonds. The quantitative estimate of drug-likeness (QED) is 0.827. The van der Waals surface area contributed by atoms with Crippen LogP contribution in [0.5, 0.6) is 0 Å². The number of piperidine rings is 1. The Morgan fingerprint density at radius 1 is 1.35 bits per heavy atom. The number of hydrogen-bond donors (Lipinski definition) is 2. The van der Waals surface area contributed by atoms with Crippen molar-refractivity contribution in [3.05, 3.63) is 12.4 Å². The smallest absolute Gasteiger partial charge is 0.134 e. The van der Waals surface area contributed by atoms with Crippen LogP contribution in [0.2, 0.25) is 0 Å². The van der Waals surface area contributed by atoms with Crippen molar-refractivity contribution in [2.75, 3.05) is 23.3 Å². The van der Waals surface area contributed by atoms with Gasteiger partial charge in [0.15, 0.2) is 0 Å². The van der Waals surface area contributed by atoms with Crippen molar-refractivity contribution in [2.24, 2.45) is 0 Å². The first-order valence-corrected chi connectivity index (χ1v) is 6.17. The first-order valence-electron chi connectivity index (χ1n) is 6.17. The zero-order chi connectivity index (χ0) is 12.3. The molecule has 1 aliphatic rings. The molecule has 0 aliphatic carbocycles. The van der Waals surface area contributed by atoms with E-state index in [0.29, 0.717) is 6.04 Å². The normalized spacial score (nSPS) is 17.5. The summed E-state index contributed by atoms with van der Waals surface area (Å²) in [7, 11) is 0. The first kappa shape index (κ1) is 12.1. The number of nitrogens with one attached hydrogen (secondary N) is 1. The number of rotatable bonds is 3. The summed E-state index contributed by atoms with van der Waals surface area (Å²) in [6.45, 7) is 5.89. The summed E-state index contributed by atoms with van der Waals surface area (Å²) in [4.78, 5) is 10.7. The highest BCUT2D eigenvalue weighted by Gasteiger charge is 2.18. The maximum Gasteiger partial charge on any atom is 0.134 e. The van der Waals surface area contributed by atoms with Crippen LogP contribution in [-0.4, -0.2) is 40.3 Å². The van der Waals surface area contributed by atoms with Gasteiger partial charge in [0.25, 0.3) is 0 Å². The summed E-state index contributed by atoms with van der Waals surface area (Å²) >= 11 is 0. The lowest BCUT2D eigenvalue weighted by Crippen LogP contribution is -2.36. The lowest BCUT2D eigenvalue weighted by molar-refractivity contribution is 0.145. The second-order valence-corrected chi connectivity index (χ2v) is 4.78. The van der Waals surface area contributed by atoms with E-state index in [2.05, 4.69) is 34.0 Å². The van der Waals surface area contributed by atoms with E-state index in [0.717, 1.165) is 37.6 Å². The molecule has 5 heteroatoms. The number of aliphatic hydroxyl groups excluding tert-OH is 1. The minimum absolute atomic E-state index is 0.152. The van der Waals surface area contributed by atoms with Crippen molar-refractivity contribution < 1.29 is 5.11 Å². The second-order valence-electron chi connectivity index (χ2n) is 4.78. The van der Waals surface area contributed by atoms with E-state index < -0.39 is 0 Å². The Hall–Kier alpha value is -1.36. The molecule has 0 bridgehead atoms. The van der Waals surface area contributed by atoms with Gasteiger partial charge < -0.3 is 15.3 Å². The van der Waals surface area contributed by atoms with Gasteiger partial charge in [0.2, 0.25) is 0 Å². The van der Waals surface area contributed by atoms with Gasteiger partial charge in [-0.3, -0.25) is 0 Å². The summed E-state index contributed by atoms with van der Waals surface area (Å²) in [6.07, 6.45) is 3.07. The van der Waals surface area contributed by atoms with E-state index in [4.69, 9.17) is 0 Å². The van der Waals surface area contributed by atoms with E-state index in [-0.39, 0.29) is 6.10 Å². The predicted octanol–water partition coefficient (Wildman–Crippen LogP) is 1.26. The minimum atomic E-state index is -0.152. The monoisotopic (exact) mass is 236 g/mol. The maximum absolute atomic E-state index is 9.48. The van der Waals surface area contributed by atoms with Crippen LogP contribution >= 0.6 is 0 Å². The highest BCUT2D eigenvalue weighted by atomic mass is 16.3. The molecule has 2 N–H and O–H groups in total. The second kappa shape index (κ2) is 5.31. The summed E-state index contributed by atoms with van der Waals surface area (Å²) in [5, 5.41) is 12.7. The van der Waals surface area contributed by atoms with Crippen LogP contribution in [0.1, 0.15) is 26.7 Å². The highest BCUT2D eigenvalue weighted by Crippen LogP contribution is 2.19. The van der Waals surface area contributed by atoms with Gasteiger partial charge in [-0.25, -0.2) is 9.97 Å². The van der Waals surface area contributed by atoms with Crippen molar-refractivity contribution in [1.82, 2.24) is 9.97 Å². The fourth-order valence-corrected chi connectivity index (χ4v) is 1.99. The lowest BCUT2D eigenvalue weighted by Gasteiger charge is -2.30. The molecule has 0 saturated carbocycles. The van der Waals surface area contributed by atoms with Gasteiger partial charge in [-0.2, -0.15) is 0 Å². The molecular formula is C12H20N4O. The van der Waals surface area contributed by atoms with Gasteiger partial charge in [-0.1, -0.05) is 0 Å². The Kier molecular flexibility index (Phi) is 3.78. The van der Waals surface area contributed by atoms with E-state index >= 15 is 0 Å². The van der Waals surface area contributed by atoms with Gasteiger partial charge in [0, 0.05) is 25.2 Å². The van der Waals surface area contributed by atoms with Gasteiger partial charge in [0.05, 0.1) is 6.10 Å². The van der Waals surface area contributed by atoms with Crippen molar-refractivity contribution in [2.45, 2.75) is 38.8 Å². The van der Waals surface area contributed by atoms with Crippen LogP contribution in [0.25, 0.3) is 0 Å². The van der Waals surface area contributed by atoms with Crippen molar-refractivity contribution in [1.29, 1.82) is 0 Å². The third-order valence-corrected chi connectivity index (χ3v) is 2.88. The number of anilines is 2. The molecule has 0 atom stereocenters. The Balaban J connectivity index is 2.05. The highest BCUT2D eigenvalue weighted by molar-refractivity contribution is 5.48. The summed E-state index contributed by atoms with van der Waals surface area (Å²) in [6, 6.07) is 2.33. The SMILES string of the molecule is CC(C)Nc1cc(N2CCC(O)CC2)ncn1.